The maximum atomic E-state index is 12.6. The molecule has 1 N–H and O–H groups in total. The maximum absolute atomic E-state index is 12.6. The fourth-order valence-electron chi connectivity index (χ4n) is 2.57. The topological polar surface area (TPSA) is 51.2 Å². The van der Waals surface area contributed by atoms with Gasteiger partial charge in [-0.3, -0.25) is 9.78 Å². The van der Waals surface area contributed by atoms with Crippen LogP contribution in [0.1, 0.15) is 16.8 Å². The van der Waals surface area contributed by atoms with Gasteiger partial charge >= 0.3 is 0 Å². The number of pyridine rings is 1. The molecular formula is C17H18N2O2. The van der Waals surface area contributed by atoms with Crippen molar-refractivity contribution in [1.82, 2.24) is 10.3 Å². The summed E-state index contributed by atoms with van der Waals surface area (Å²) in [6.07, 6.45) is 3.89. The molecule has 4 nitrogen and oxygen atoms in total. The Labute approximate surface area is 124 Å². The number of nitrogens with zero attached hydrogens (tertiary/aromatic N) is 1. The number of benzene rings is 1. The van der Waals surface area contributed by atoms with E-state index < -0.39 is 0 Å². The lowest BCUT2D eigenvalue weighted by Gasteiger charge is -2.23. The number of carbonyl (C=O) groups is 1. The fourth-order valence-corrected chi connectivity index (χ4v) is 2.57. The number of rotatable bonds is 4. The molecule has 3 rings (SSSR count). The quantitative estimate of drug-likeness (QED) is 0.874. The molecule has 1 fully saturated rings. The van der Waals surface area contributed by atoms with Crippen LogP contribution in [0.2, 0.25) is 0 Å². The SMILES string of the molecule is O=C(CC1CNCCO1)c1ccccc1-c1cccnc1. The molecule has 1 unspecified atom stereocenters. The van der Waals surface area contributed by atoms with Crippen LogP contribution in [-0.4, -0.2) is 36.6 Å². The molecule has 2 heterocycles. The minimum atomic E-state index is -0.0341. The summed E-state index contributed by atoms with van der Waals surface area (Å²) in [5.41, 5.74) is 2.63. The van der Waals surface area contributed by atoms with Crippen LogP contribution in [0, 0.1) is 0 Å². The van der Waals surface area contributed by atoms with E-state index in [0.29, 0.717) is 13.0 Å². The molecule has 0 saturated carbocycles. The summed E-state index contributed by atoms with van der Waals surface area (Å²) in [7, 11) is 0. The van der Waals surface area contributed by atoms with E-state index >= 15 is 0 Å². The molecule has 0 amide bonds. The van der Waals surface area contributed by atoms with Crippen molar-refractivity contribution in [3.63, 3.8) is 0 Å². The first-order chi connectivity index (χ1) is 10.3. The number of aromatic nitrogens is 1. The second-order valence-corrected chi connectivity index (χ2v) is 5.11. The van der Waals surface area contributed by atoms with Crippen molar-refractivity contribution in [1.29, 1.82) is 0 Å². The van der Waals surface area contributed by atoms with Crippen LogP contribution in [0.4, 0.5) is 0 Å². The van der Waals surface area contributed by atoms with Crippen LogP contribution in [0.3, 0.4) is 0 Å². The second kappa shape index (κ2) is 6.61. The Hall–Kier alpha value is -2.04. The molecule has 0 spiro atoms. The lowest BCUT2D eigenvalue weighted by atomic mass is 9.95. The van der Waals surface area contributed by atoms with Gasteiger partial charge in [-0.2, -0.15) is 0 Å². The van der Waals surface area contributed by atoms with Gasteiger partial charge in [0, 0.05) is 43.0 Å². The highest BCUT2D eigenvalue weighted by Gasteiger charge is 2.20. The molecule has 1 saturated heterocycles. The molecule has 1 aliphatic rings. The van der Waals surface area contributed by atoms with E-state index in [9.17, 15) is 4.79 Å². The van der Waals surface area contributed by atoms with E-state index in [1.807, 2.05) is 36.4 Å². The van der Waals surface area contributed by atoms with E-state index in [1.165, 1.54) is 0 Å². The van der Waals surface area contributed by atoms with Crippen LogP contribution in [0.5, 0.6) is 0 Å². The number of ketones is 1. The highest BCUT2D eigenvalue weighted by molar-refractivity contribution is 6.02. The molecule has 108 valence electrons. The average molecular weight is 282 g/mol. The summed E-state index contributed by atoms with van der Waals surface area (Å²) in [5, 5.41) is 3.25. The van der Waals surface area contributed by atoms with Gasteiger partial charge in [-0.05, 0) is 11.6 Å². The number of hydrogen-bond donors (Lipinski definition) is 1. The third kappa shape index (κ3) is 3.35. The Morgan fingerprint density at radius 2 is 2.19 bits per heavy atom. The Bertz CT molecular complexity index is 607. The number of Topliss-reactive ketones (excluding diaryl/α,β-unsaturated/α-hetero) is 1. The van der Waals surface area contributed by atoms with Gasteiger partial charge in [-0.25, -0.2) is 0 Å². The van der Waals surface area contributed by atoms with Crippen molar-refractivity contribution in [2.75, 3.05) is 19.7 Å². The van der Waals surface area contributed by atoms with Crippen molar-refractivity contribution >= 4 is 5.78 Å². The monoisotopic (exact) mass is 282 g/mol. The summed E-state index contributed by atoms with van der Waals surface area (Å²) in [6.45, 7) is 2.26. The summed E-state index contributed by atoms with van der Waals surface area (Å²) in [6, 6.07) is 11.5. The Kier molecular flexibility index (Phi) is 4.38. The lowest BCUT2D eigenvalue weighted by molar-refractivity contribution is 0.0240. The van der Waals surface area contributed by atoms with E-state index in [-0.39, 0.29) is 11.9 Å². The normalized spacial score (nSPS) is 18.4. The van der Waals surface area contributed by atoms with Crippen molar-refractivity contribution in [3.8, 4) is 11.1 Å². The summed E-state index contributed by atoms with van der Waals surface area (Å²) < 4.78 is 5.62. The largest absolute Gasteiger partial charge is 0.375 e. The van der Waals surface area contributed by atoms with E-state index in [1.54, 1.807) is 12.4 Å². The summed E-state index contributed by atoms with van der Waals surface area (Å²) in [4.78, 5) is 16.7. The minimum absolute atomic E-state index is 0.0341. The molecular weight excluding hydrogens is 264 g/mol. The molecule has 1 aromatic carbocycles. The van der Waals surface area contributed by atoms with Gasteiger partial charge in [-0.15, -0.1) is 0 Å². The molecule has 1 atom stereocenters. The molecule has 1 aromatic heterocycles. The smallest absolute Gasteiger partial charge is 0.166 e. The number of carbonyl (C=O) groups excluding carboxylic acids is 1. The molecule has 0 radical (unpaired) electrons. The predicted octanol–water partition coefficient (Wildman–Crippen LogP) is 2.31. The van der Waals surface area contributed by atoms with Crippen LogP contribution in [-0.2, 0) is 4.74 Å². The van der Waals surface area contributed by atoms with Crippen LogP contribution >= 0.6 is 0 Å². The zero-order valence-electron chi connectivity index (χ0n) is 11.8. The van der Waals surface area contributed by atoms with E-state index in [2.05, 4.69) is 10.3 Å². The zero-order chi connectivity index (χ0) is 14.5. The number of nitrogens with one attached hydrogen (secondary N) is 1. The van der Waals surface area contributed by atoms with Crippen LogP contribution in [0.25, 0.3) is 11.1 Å². The average Bonchev–Trinajstić information content (AvgIpc) is 2.56. The first kappa shape index (κ1) is 13.9. The number of ether oxygens (including phenoxy) is 1. The standard InChI is InChI=1S/C17H18N2O2/c20-17(10-14-12-19-8-9-21-14)16-6-2-1-5-15(16)13-4-3-7-18-11-13/h1-7,11,14,19H,8-10,12H2. The van der Waals surface area contributed by atoms with E-state index in [0.717, 1.165) is 29.8 Å². The molecule has 2 aromatic rings. The van der Waals surface area contributed by atoms with Gasteiger partial charge in [0.25, 0.3) is 0 Å². The Morgan fingerprint density at radius 1 is 1.29 bits per heavy atom. The van der Waals surface area contributed by atoms with Crippen LogP contribution in [0.15, 0.2) is 48.8 Å². The fraction of sp³-hybridized carbons (Fsp3) is 0.294. The van der Waals surface area contributed by atoms with Gasteiger partial charge in [0.15, 0.2) is 5.78 Å². The van der Waals surface area contributed by atoms with Gasteiger partial charge in [0.1, 0.15) is 0 Å². The third-order valence-electron chi connectivity index (χ3n) is 3.62. The van der Waals surface area contributed by atoms with Crippen molar-refractivity contribution in [3.05, 3.63) is 54.4 Å². The van der Waals surface area contributed by atoms with Gasteiger partial charge in [0.2, 0.25) is 0 Å². The first-order valence-corrected chi connectivity index (χ1v) is 7.19. The van der Waals surface area contributed by atoms with Crippen molar-refractivity contribution < 1.29 is 9.53 Å². The Morgan fingerprint density at radius 3 is 2.95 bits per heavy atom. The number of morpholine rings is 1. The predicted molar refractivity (Wildman–Crippen MR) is 81.2 cm³/mol. The maximum Gasteiger partial charge on any atom is 0.166 e. The molecule has 0 aliphatic carbocycles. The summed E-state index contributed by atoms with van der Waals surface area (Å²) >= 11 is 0. The van der Waals surface area contributed by atoms with Gasteiger partial charge < -0.3 is 10.1 Å². The summed E-state index contributed by atoms with van der Waals surface area (Å²) in [5.74, 6) is 0.114. The lowest BCUT2D eigenvalue weighted by Crippen LogP contribution is -2.39. The van der Waals surface area contributed by atoms with Crippen LogP contribution < -0.4 is 5.32 Å². The first-order valence-electron chi connectivity index (χ1n) is 7.19. The second-order valence-electron chi connectivity index (χ2n) is 5.11. The third-order valence-corrected chi connectivity index (χ3v) is 3.62. The minimum Gasteiger partial charge on any atom is -0.375 e. The van der Waals surface area contributed by atoms with E-state index in [4.69, 9.17) is 4.74 Å². The molecule has 0 bridgehead atoms. The number of hydrogen-bond acceptors (Lipinski definition) is 4. The van der Waals surface area contributed by atoms with Crippen molar-refractivity contribution in [2.24, 2.45) is 0 Å². The Balaban J connectivity index is 1.83. The van der Waals surface area contributed by atoms with Gasteiger partial charge in [0.05, 0.1) is 12.7 Å². The molecule has 4 heteroatoms. The molecule has 21 heavy (non-hydrogen) atoms. The van der Waals surface area contributed by atoms with Crippen molar-refractivity contribution in [2.45, 2.75) is 12.5 Å². The van der Waals surface area contributed by atoms with Gasteiger partial charge in [-0.1, -0.05) is 30.3 Å². The highest BCUT2D eigenvalue weighted by atomic mass is 16.5. The highest BCUT2D eigenvalue weighted by Crippen LogP contribution is 2.24. The zero-order valence-corrected chi connectivity index (χ0v) is 11.8. The molecule has 1 aliphatic heterocycles.